The van der Waals surface area contributed by atoms with Crippen LogP contribution in [0.3, 0.4) is 0 Å². The van der Waals surface area contributed by atoms with Crippen molar-refractivity contribution in [1.82, 2.24) is 0 Å². The standard InChI is InChI=1S/C9H9FO/c10-9-6-2-1-4-8(9)5-3-7-11/h1-6,11H,7H2/b5-3+. The van der Waals surface area contributed by atoms with Gasteiger partial charge in [0.1, 0.15) is 5.82 Å². The van der Waals surface area contributed by atoms with Gasteiger partial charge < -0.3 is 5.11 Å². The summed E-state index contributed by atoms with van der Waals surface area (Å²) in [6.45, 7) is -0.0612. The number of halogens is 1. The molecule has 0 radical (unpaired) electrons. The van der Waals surface area contributed by atoms with E-state index in [4.69, 9.17) is 5.11 Å². The van der Waals surface area contributed by atoms with Gasteiger partial charge >= 0.3 is 0 Å². The Hall–Kier alpha value is -1.15. The lowest BCUT2D eigenvalue weighted by Crippen LogP contribution is -1.80. The van der Waals surface area contributed by atoms with E-state index in [0.29, 0.717) is 5.56 Å². The molecule has 0 fully saturated rings. The molecule has 11 heavy (non-hydrogen) atoms. The summed E-state index contributed by atoms with van der Waals surface area (Å²) in [5, 5.41) is 8.41. The molecule has 0 saturated heterocycles. The Morgan fingerprint density at radius 3 is 2.73 bits per heavy atom. The Morgan fingerprint density at radius 1 is 1.36 bits per heavy atom. The van der Waals surface area contributed by atoms with Crippen molar-refractivity contribution in [3.63, 3.8) is 0 Å². The second-order valence-electron chi connectivity index (χ2n) is 2.11. The van der Waals surface area contributed by atoms with Crippen LogP contribution in [0, 0.1) is 5.82 Å². The van der Waals surface area contributed by atoms with Crippen LogP contribution >= 0.6 is 0 Å². The van der Waals surface area contributed by atoms with Gasteiger partial charge in [0, 0.05) is 5.56 Å². The molecule has 0 atom stereocenters. The molecule has 0 bridgehead atoms. The summed E-state index contributed by atoms with van der Waals surface area (Å²) in [6, 6.07) is 6.42. The van der Waals surface area contributed by atoms with Crippen molar-refractivity contribution in [1.29, 1.82) is 0 Å². The third kappa shape index (κ3) is 2.16. The lowest BCUT2D eigenvalue weighted by Gasteiger charge is -1.93. The summed E-state index contributed by atoms with van der Waals surface area (Å²) in [6.07, 6.45) is 3.05. The van der Waals surface area contributed by atoms with Crippen LogP contribution in [0.5, 0.6) is 0 Å². The van der Waals surface area contributed by atoms with Gasteiger partial charge in [-0.1, -0.05) is 30.4 Å². The van der Waals surface area contributed by atoms with Crippen LogP contribution in [0.4, 0.5) is 4.39 Å². The van der Waals surface area contributed by atoms with Crippen molar-refractivity contribution in [3.8, 4) is 0 Å². The summed E-state index contributed by atoms with van der Waals surface area (Å²) in [5.41, 5.74) is 0.501. The highest BCUT2D eigenvalue weighted by molar-refractivity contribution is 5.49. The maximum atomic E-state index is 12.8. The number of aliphatic hydroxyl groups excluding tert-OH is 1. The van der Waals surface area contributed by atoms with E-state index in [2.05, 4.69) is 0 Å². The fourth-order valence-electron chi connectivity index (χ4n) is 0.790. The number of benzene rings is 1. The molecular weight excluding hydrogens is 143 g/mol. The number of aliphatic hydroxyl groups is 1. The van der Waals surface area contributed by atoms with Gasteiger partial charge in [0.05, 0.1) is 6.61 Å². The van der Waals surface area contributed by atoms with Crippen molar-refractivity contribution < 1.29 is 9.50 Å². The molecule has 0 heterocycles. The molecule has 1 rings (SSSR count). The van der Waals surface area contributed by atoms with Gasteiger partial charge in [0.15, 0.2) is 0 Å². The van der Waals surface area contributed by atoms with E-state index in [-0.39, 0.29) is 12.4 Å². The van der Waals surface area contributed by atoms with Gasteiger partial charge in [-0.3, -0.25) is 0 Å². The predicted octanol–water partition coefficient (Wildman–Crippen LogP) is 1.83. The highest BCUT2D eigenvalue weighted by Crippen LogP contribution is 2.07. The third-order valence-corrected chi connectivity index (χ3v) is 1.31. The Labute approximate surface area is 64.8 Å². The van der Waals surface area contributed by atoms with Crippen molar-refractivity contribution in [3.05, 3.63) is 41.7 Å². The van der Waals surface area contributed by atoms with Gasteiger partial charge in [0.2, 0.25) is 0 Å². The van der Waals surface area contributed by atoms with E-state index in [1.807, 2.05) is 0 Å². The molecule has 0 saturated carbocycles. The summed E-state index contributed by atoms with van der Waals surface area (Å²) in [4.78, 5) is 0. The van der Waals surface area contributed by atoms with E-state index in [1.165, 1.54) is 12.1 Å². The van der Waals surface area contributed by atoms with Crippen molar-refractivity contribution in [2.75, 3.05) is 6.61 Å². The zero-order valence-corrected chi connectivity index (χ0v) is 6.00. The first-order valence-electron chi connectivity index (χ1n) is 3.36. The third-order valence-electron chi connectivity index (χ3n) is 1.31. The van der Waals surface area contributed by atoms with Crippen LogP contribution in [0.1, 0.15) is 5.56 Å². The topological polar surface area (TPSA) is 20.2 Å². The normalized spacial score (nSPS) is 10.7. The SMILES string of the molecule is OC/C=C/c1ccccc1F. The van der Waals surface area contributed by atoms with Crippen LogP contribution in [0.2, 0.25) is 0 Å². The van der Waals surface area contributed by atoms with Crippen molar-refractivity contribution in [2.24, 2.45) is 0 Å². The predicted molar refractivity (Wildman–Crippen MR) is 42.5 cm³/mol. The van der Waals surface area contributed by atoms with E-state index in [1.54, 1.807) is 24.3 Å². The first-order chi connectivity index (χ1) is 5.34. The van der Waals surface area contributed by atoms with Crippen LogP contribution in [0.15, 0.2) is 30.3 Å². The summed E-state index contributed by atoms with van der Waals surface area (Å²) < 4.78 is 12.8. The minimum atomic E-state index is -0.266. The second kappa shape index (κ2) is 3.88. The molecule has 0 amide bonds. The molecule has 1 N–H and O–H groups in total. The lowest BCUT2D eigenvalue weighted by atomic mass is 10.2. The largest absolute Gasteiger partial charge is 0.392 e. The number of hydrogen-bond acceptors (Lipinski definition) is 1. The van der Waals surface area contributed by atoms with Crippen LogP contribution < -0.4 is 0 Å². The summed E-state index contributed by atoms with van der Waals surface area (Å²) in [7, 11) is 0. The van der Waals surface area contributed by atoms with Gasteiger partial charge in [0.25, 0.3) is 0 Å². The maximum Gasteiger partial charge on any atom is 0.130 e. The zero-order chi connectivity index (χ0) is 8.10. The van der Waals surface area contributed by atoms with E-state index in [9.17, 15) is 4.39 Å². The fourth-order valence-corrected chi connectivity index (χ4v) is 0.790. The monoisotopic (exact) mass is 152 g/mol. The summed E-state index contributed by atoms with van der Waals surface area (Å²) in [5.74, 6) is -0.266. The highest BCUT2D eigenvalue weighted by Gasteiger charge is 1.92. The van der Waals surface area contributed by atoms with E-state index in [0.717, 1.165) is 0 Å². The Kier molecular flexibility index (Phi) is 2.81. The first-order valence-corrected chi connectivity index (χ1v) is 3.36. The summed E-state index contributed by atoms with van der Waals surface area (Å²) >= 11 is 0. The smallest absolute Gasteiger partial charge is 0.130 e. The molecule has 1 nitrogen and oxygen atoms in total. The molecule has 58 valence electrons. The van der Waals surface area contributed by atoms with Gasteiger partial charge in [-0.05, 0) is 6.07 Å². The van der Waals surface area contributed by atoms with Gasteiger partial charge in [-0.25, -0.2) is 4.39 Å². The van der Waals surface area contributed by atoms with E-state index >= 15 is 0 Å². The Balaban J connectivity index is 2.86. The molecule has 0 aliphatic heterocycles. The van der Waals surface area contributed by atoms with E-state index < -0.39 is 0 Å². The lowest BCUT2D eigenvalue weighted by molar-refractivity contribution is 0.343. The molecule has 2 heteroatoms. The molecule has 0 aliphatic carbocycles. The molecular formula is C9H9FO. The average molecular weight is 152 g/mol. The molecule has 0 spiro atoms. The molecule has 0 aliphatic rings. The number of rotatable bonds is 2. The molecule has 0 unspecified atom stereocenters. The zero-order valence-electron chi connectivity index (χ0n) is 6.00. The minimum absolute atomic E-state index is 0.0612. The van der Waals surface area contributed by atoms with Crippen molar-refractivity contribution >= 4 is 6.08 Å². The minimum Gasteiger partial charge on any atom is -0.392 e. The van der Waals surface area contributed by atoms with Gasteiger partial charge in [-0.2, -0.15) is 0 Å². The first kappa shape index (κ1) is 7.95. The average Bonchev–Trinajstić information content (AvgIpc) is 2.03. The van der Waals surface area contributed by atoms with Gasteiger partial charge in [-0.15, -0.1) is 0 Å². The fraction of sp³-hybridized carbons (Fsp3) is 0.111. The molecule has 0 aromatic heterocycles. The quantitative estimate of drug-likeness (QED) is 0.685. The number of hydrogen-bond donors (Lipinski definition) is 1. The second-order valence-corrected chi connectivity index (χ2v) is 2.11. The molecule has 1 aromatic carbocycles. The Morgan fingerprint density at radius 2 is 2.09 bits per heavy atom. The maximum absolute atomic E-state index is 12.8. The molecule has 1 aromatic rings. The van der Waals surface area contributed by atoms with Crippen LogP contribution in [-0.2, 0) is 0 Å². The Bertz CT molecular complexity index is 255. The van der Waals surface area contributed by atoms with Crippen molar-refractivity contribution in [2.45, 2.75) is 0 Å². The highest BCUT2D eigenvalue weighted by atomic mass is 19.1. The van der Waals surface area contributed by atoms with Crippen LogP contribution in [0.25, 0.3) is 6.08 Å². The van der Waals surface area contributed by atoms with Crippen LogP contribution in [-0.4, -0.2) is 11.7 Å².